The lowest BCUT2D eigenvalue weighted by Gasteiger charge is -2.23. The Hall–Kier alpha value is -1.54. The van der Waals surface area contributed by atoms with Crippen LogP contribution in [0.2, 0.25) is 0 Å². The molecule has 0 aliphatic heterocycles. The van der Waals surface area contributed by atoms with E-state index in [0.717, 1.165) is 28.6 Å². The van der Waals surface area contributed by atoms with Gasteiger partial charge in [-0.05, 0) is 50.3 Å². The van der Waals surface area contributed by atoms with Gasteiger partial charge in [0.05, 0.1) is 12.6 Å². The number of nitriles is 1. The number of hydrogen-bond acceptors (Lipinski definition) is 3. The zero-order chi connectivity index (χ0) is 14.8. The fourth-order valence-electron chi connectivity index (χ4n) is 2.18. The maximum atomic E-state index is 12.0. The van der Waals surface area contributed by atoms with Crippen LogP contribution in [0.3, 0.4) is 0 Å². The summed E-state index contributed by atoms with van der Waals surface area (Å²) in [6, 6.07) is 8.10. The average molecular weight is 336 g/mol. The Labute approximate surface area is 127 Å². The van der Waals surface area contributed by atoms with Crippen molar-refractivity contribution < 1.29 is 4.79 Å². The highest BCUT2D eigenvalue weighted by atomic mass is 79.9. The third-order valence-electron chi connectivity index (χ3n) is 3.66. The van der Waals surface area contributed by atoms with Gasteiger partial charge < -0.3 is 10.6 Å². The molecule has 4 nitrogen and oxygen atoms in total. The summed E-state index contributed by atoms with van der Waals surface area (Å²) in [6.07, 6.45) is 2.03. The number of hydrogen-bond donors (Lipinski definition) is 2. The number of halogens is 1. The summed E-state index contributed by atoms with van der Waals surface area (Å²) in [5.41, 5.74) is 1.26. The minimum Gasteiger partial charge on any atom is -0.376 e. The molecule has 2 rings (SSSR count). The van der Waals surface area contributed by atoms with Gasteiger partial charge in [-0.1, -0.05) is 22.0 Å². The second-order valence-electron chi connectivity index (χ2n) is 5.45. The minimum atomic E-state index is -0.731. The van der Waals surface area contributed by atoms with E-state index in [1.165, 1.54) is 0 Å². The van der Waals surface area contributed by atoms with Gasteiger partial charge >= 0.3 is 0 Å². The monoisotopic (exact) mass is 335 g/mol. The highest BCUT2D eigenvalue weighted by Crippen LogP contribution is 2.39. The van der Waals surface area contributed by atoms with Crippen LogP contribution in [0.25, 0.3) is 0 Å². The second kappa shape index (κ2) is 5.84. The third-order valence-corrected chi connectivity index (χ3v) is 4.16. The molecule has 0 spiro atoms. The van der Waals surface area contributed by atoms with Gasteiger partial charge in [-0.25, -0.2) is 0 Å². The smallest absolute Gasteiger partial charge is 0.240 e. The number of anilines is 1. The van der Waals surface area contributed by atoms with Crippen molar-refractivity contribution in [3.8, 4) is 6.07 Å². The van der Waals surface area contributed by atoms with Crippen molar-refractivity contribution in [1.29, 1.82) is 5.26 Å². The standard InChI is InChI=1S/C15H18BrN3O/c1-10-3-6-12(16)7-13(10)18-8-14(20)19-15(2,9-17)11-4-5-11/h3,6-7,11,18H,4-5,8H2,1-2H3,(H,19,20)/t15-/m1/s1. The first kappa shape index (κ1) is 14.9. The van der Waals surface area contributed by atoms with Crippen LogP contribution in [0.1, 0.15) is 25.3 Å². The molecule has 1 aliphatic rings. The number of carbonyl (C=O) groups excluding carboxylic acids is 1. The molecule has 1 fully saturated rings. The Morgan fingerprint density at radius 3 is 2.85 bits per heavy atom. The number of amides is 1. The largest absolute Gasteiger partial charge is 0.376 e. The van der Waals surface area contributed by atoms with E-state index in [1.54, 1.807) is 6.92 Å². The third kappa shape index (κ3) is 3.51. The summed E-state index contributed by atoms with van der Waals surface area (Å²) < 4.78 is 0.964. The summed E-state index contributed by atoms with van der Waals surface area (Å²) in [7, 11) is 0. The summed E-state index contributed by atoms with van der Waals surface area (Å²) >= 11 is 3.41. The van der Waals surface area contributed by atoms with Crippen molar-refractivity contribution in [2.75, 3.05) is 11.9 Å². The highest BCUT2D eigenvalue weighted by Gasteiger charge is 2.42. The molecule has 0 bridgehead atoms. The lowest BCUT2D eigenvalue weighted by atomic mass is 9.98. The van der Waals surface area contributed by atoms with Crippen molar-refractivity contribution in [3.63, 3.8) is 0 Å². The van der Waals surface area contributed by atoms with Gasteiger partial charge in [0.2, 0.25) is 5.91 Å². The second-order valence-corrected chi connectivity index (χ2v) is 6.37. The quantitative estimate of drug-likeness (QED) is 0.869. The van der Waals surface area contributed by atoms with E-state index in [1.807, 2.05) is 25.1 Å². The van der Waals surface area contributed by atoms with Gasteiger partial charge in [-0.2, -0.15) is 5.26 Å². The molecule has 1 atom stereocenters. The van der Waals surface area contributed by atoms with E-state index in [0.29, 0.717) is 5.92 Å². The Kier molecular flexibility index (Phi) is 4.34. The van der Waals surface area contributed by atoms with Crippen molar-refractivity contribution >= 4 is 27.5 Å². The highest BCUT2D eigenvalue weighted by molar-refractivity contribution is 9.10. The zero-order valence-corrected chi connectivity index (χ0v) is 13.3. The van der Waals surface area contributed by atoms with Gasteiger partial charge in [0.15, 0.2) is 0 Å². The molecule has 0 aromatic heterocycles. The molecule has 2 N–H and O–H groups in total. The number of nitrogens with one attached hydrogen (secondary N) is 2. The maximum absolute atomic E-state index is 12.0. The van der Waals surface area contributed by atoms with Crippen molar-refractivity contribution in [2.24, 2.45) is 5.92 Å². The number of carbonyl (C=O) groups is 1. The van der Waals surface area contributed by atoms with E-state index in [9.17, 15) is 10.1 Å². The molecule has 1 amide bonds. The first-order valence-corrected chi connectivity index (χ1v) is 7.46. The first-order chi connectivity index (χ1) is 9.44. The van der Waals surface area contributed by atoms with Crippen LogP contribution in [0.15, 0.2) is 22.7 Å². The molecule has 0 heterocycles. The van der Waals surface area contributed by atoms with Crippen LogP contribution in [0.5, 0.6) is 0 Å². The Balaban J connectivity index is 1.92. The molecule has 0 saturated heterocycles. The zero-order valence-electron chi connectivity index (χ0n) is 11.7. The van der Waals surface area contributed by atoms with Crippen LogP contribution < -0.4 is 10.6 Å². The fourth-order valence-corrected chi connectivity index (χ4v) is 2.54. The van der Waals surface area contributed by atoms with Gasteiger partial charge in [-0.15, -0.1) is 0 Å². The Bertz CT molecular complexity index is 563. The number of benzene rings is 1. The molecular formula is C15H18BrN3O. The predicted molar refractivity (Wildman–Crippen MR) is 82.3 cm³/mol. The summed E-state index contributed by atoms with van der Waals surface area (Å²) in [5.74, 6) is 0.143. The van der Waals surface area contributed by atoms with E-state index in [-0.39, 0.29) is 12.5 Å². The normalized spacial score (nSPS) is 16.9. The van der Waals surface area contributed by atoms with Crippen molar-refractivity contribution in [3.05, 3.63) is 28.2 Å². The Morgan fingerprint density at radius 1 is 1.55 bits per heavy atom. The number of rotatable bonds is 5. The maximum Gasteiger partial charge on any atom is 0.240 e. The molecular weight excluding hydrogens is 318 g/mol. The van der Waals surface area contributed by atoms with E-state index in [4.69, 9.17) is 0 Å². The molecule has 1 aromatic carbocycles. The van der Waals surface area contributed by atoms with Gasteiger partial charge in [0.25, 0.3) is 0 Å². The number of aryl methyl sites for hydroxylation is 1. The fraction of sp³-hybridized carbons (Fsp3) is 0.467. The molecule has 1 aromatic rings. The summed E-state index contributed by atoms with van der Waals surface area (Å²) in [4.78, 5) is 12.0. The van der Waals surface area contributed by atoms with Crippen LogP contribution in [-0.2, 0) is 4.79 Å². The molecule has 106 valence electrons. The van der Waals surface area contributed by atoms with Crippen LogP contribution in [0.4, 0.5) is 5.69 Å². The summed E-state index contributed by atoms with van der Waals surface area (Å²) in [5, 5.41) is 15.2. The SMILES string of the molecule is Cc1ccc(Br)cc1NCC(=O)N[C@](C)(C#N)C1CC1. The van der Waals surface area contributed by atoms with Gasteiger partial charge in [0, 0.05) is 10.2 Å². The molecule has 0 radical (unpaired) electrons. The predicted octanol–water partition coefficient (Wildman–Crippen LogP) is 2.98. The number of nitrogens with zero attached hydrogens (tertiary/aromatic N) is 1. The molecule has 1 aliphatic carbocycles. The lowest BCUT2D eigenvalue weighted by Crippen LogP contribution is -2.48. The van der Waals surface area contributed by atoms with Crippen LogP contribution in [-0.4, -0.2) is 18.0 Å². The van der Waals surface area contributed by atoms with Gasteiger partial charge in [0.1, 0.15) is 5.54 Å². The first-order valence-electron chi connectivity index (χ1n) is 6.67. The van der Waals surface area contributed by atoms with Gasteiger partial charge in [-0.3, -0.25) is 4.79 Å². The summed E-state index contributed by atoms with van der Waals surface area (Å²) in [6.45, 7) is 3.95. The molecule has 5 heteroatoms. The van der Waals surface area contributed by atoms with Crippen LogP contribution in [0, 0.1) is 24.2 Å². The van der Waals surface area contributed by atoms with E-state index >= 15 is 0 Å². The molecule has 1 saturated carbocycles. The minimum absolute atomic E-state index is 0.152. The van der Waals surface area contributed by atoms with Crippen LogP contribution >= 0.6 is 15.9 Å². The van der Waals surface area contributed by atoms with E-state index < -0.39 is 5.54 Å². The average Bonchev–Trinajstić information content (AvgIpc) is 3.24. The topological polar surface area (TPSA) is 64.9 Å². The van der Waals surface area contributed by atoms with E-state index in [2.05, 4.69) is 32.6 Å². The molecule has 20 heavy (non-hydrogen) atoms. The molecule has 0 unspecified atom stereocenters. The lowest BCUT2D eigenvalue weighted by molar-refractivity contribution is -0.120. The Morgan fingerprint density at radius 2 is 2.25 bits per heavy atom. The van der Waals surface area contributed by atoms with Crippen molar-refractivity contribution in [2.45, 2.75) is 32.2 Å². The van der Waals surface area contributed by atoms with Crippen molar-refractivity contribution in [1.82, 2.24) is 5.32 Å².